The maximum Gasteiger partial charge on any atom is 0.0679 e. The molecule has 0 aliphatic heterocycles. The summed E-state index contributed by atoms with van der Waals surface area (Å²) in [6.45, 7) is 2.66. The van der Waals surface area contributed by atoms with Gasteiger partial charge in [0.25, 0.3) is 0 Å². The van der Waals surface area contributed by atoms with Crippen LogP contribution in [0, 0.1) is 0 Å². The van der Waals surface area contributed by atoms with E-state index in [1.54, 1.807) is 0 Å². The van der Waals surface area contributed by atoms with E-state index in [0.717, 1.165) is 6.42 Å². The van der Waals surface area contributed by atoms with Crippen LogP contribution in [0.3, 0.4) is 0 Å². The van der Waals surface area contributed by atoms with Gasteiger partial charge >= 0.3 is 0 Å². The van der Waals surface area contributed by atoms with Crippen LogP contribution >= 0.6 is 11.9 Å². The second kappa shape index (κ2) is 4.25. The van der Waals surface area contributed by atoms with Crippen molar-refractivity contribution in [3.8, 4) is 0 Å². The molecule has 0 N–H and O–H groups in total. The van der Waals surface area contributed by atoms with Gasteiger partial charge < -0.3 is 0 Å². The van der Waals surface area contributed by atoms with Gasteiger partial charge in [-0.05, 0) is 6.42 Å². The Labute approximate surface area is 37.1 Å². The van der Waals surface area contributed by atoms with Crippen LogP contribution in [0.5, 0.6) is 0 Å². The summed E-state index contributed by atoms with van der Waals surface area (Å²) in [5.41, 5.74) is 0. The quantitative estimate of drug-likeness (QED) is 0.505. The van der Waals surface area contributed by atoms with Crippen molar-refractivity contribution in [1.29, 1.82) is 0 Å². The van der Waals surface area contributed by atoms with Gasteiger partial charge in [0.15, 0.2) is 0 Å². The SMILES string of the molecule is CCCOCl. The molecule has 0 heterocycles. The summed E-state index contributed by atoms with van der Waals surface area (Å²) in [6.07, 6.45) is 0.990. The second-order valence-corrected chi connectivity index (χ2v) is 1.03. The molecular weight excluding hydrogens is 87.5 g/mol. The normalized spacial score (nSPS) is 8.40. The molecular formula is C3H7ClO. The summed E-state index contributed by atoms with van der Waals surface area (Å²) in [6, 6.07) is 0. The highest BCUT2D eigenvalue weighted by molar-refractivity contribution is 6.07. The zero-order valence-corrected chi connectivity index (χ0v) is 3.96. The first-order chi connectivity index (χ1) is 2.41. The van der Waals surface area contributed by atoms with Crippen LogP contribution in [0.2, 0.25) is 0 Å². The fourth-order valence-electron chi connectivity index (χ4n) is 0.0772. The lowest BCUT2D eigenvalue weighted by atomic mass is 10.5. The maximum absolute atomic E-state index is 4.80. The smallest absolute Gasteiger partial charge is 0.0679 e. The topological polar surface area (TPSA) is 9.23 Å². The van der Waals surface area contributed by atoms with Crippen molar-refractivity contribution in [3.63, 3.8) is 0 Å². The Balaban J connectivity index is 2.19. The predicted octanol–water partition coefficient (Wildman–Crippen LogP) is 1.57. The molecule has 5 heavy (non-hydrogen) atoms. The first-order valence-electron chi connectivity index (χ1n) is 1.65. The molecule has 0 unspecified atom stereocenters. The lowest BCUT2D eigenvalue weighted by Gasteiger charge is -1.80. The lowest BCUT2D eigenvalue weighted by molar-refractivity contribution is 0.351. The molecule has 1 nitrogen and oxygen atoms in total. The summed E-state index contributed by atoms with van der Waals surface area (Å²) in [5, 5.41) is 0. The number of rotatable bonds is 2. The largest absolute Gasteiger partial charge is 0.279 e. The molecule has 0 aliphatic carbocycles. The minimum atomic E-state index is 0.654. The van der Waals surface area contributed by atoms with E-state index in [9.17, 15) is 0 Å². The van der Waals surface area contributed by atoms with Crippen LogP contribution in [0.15, 0.2) is 0 Å². The van der Waals surface area contributed by atoms with Gasteiger partial charge in [-0.1, -0.05) is 6.92 Å². The minimum absolute atomic E-state index is 0.654. The zero-order chi connectivity index (χ0) is 4.12. The summed E-state index contributed by atoms with van der Waals surface area (Å²) >= 11 is 4.80. The molecule has 0 aliphatic rings. The van der Waals surface area contributed by atoms with Gasteiger partial charge in [0, 0.05) is 0 Å². The third kappa shape index (κ3) is 4.25. The second-order valence-electron chi connectivity index (χ2n) is 0.813. The molecule has 0 aromatic carbocycles. The number of halogens is 1. The monoisotopic (exact) mass is 94.0 g/mol. The predicted molar refractivity (Wildman–Crippen MR) is 22.1 cm³/mol. The van der Waals surface area contributed by atoms with Crippen molar-refractivity contribution in [2.24, 2.45) is 0 Å². The van der Waals surface area contributed by atoms with Gasteiger partial charge in [0.1, 0.15) is 0 Å². The first-order valence-corrected chi connectivity index (χ1v) is 1.96. The molecule has 0 bridgehead atoms. The van der Waals surface area contributed by atoms with Crippen LogP contribution in [0.4, 0.5) is 0 Å². The van der Waals surface area contributed by atoms with Crippen molar-refractivity contribution in [1.82, 2.24) is 0 Å². The van der Waals surface area contributed by atoms with Crippen LogP contribution in [-0.4, -0.2) is 6.61 Å². The standard InChI is InChI=1S/C3H7ClO/c1-2-3-5-4/h2-3H2,1H3. The van der Waals surface area contributed by atoms with E-state index in [4.69, 9.17) is 11.9 Å². The van der Waals surface area contributed by atoms with Gasteiger partial charge in [-0.2, -0.15) is 0 Å². The summed E-state index contributed by atoms with van der Waals surface area (Å²) in [7, 11) is 0. The lowest BCUT2D eigenvalue weighted by Crippen LogP contribution is -1.74. The minimum Gasteiger partial charge on any atom is -0.279 e. The average molecular weight is 94.5 g/mol. The van der Waals surface area contributed by atoms with Crippen molar-refractivity contribution in [3.05, 3.63) is 0 Å². The molecule has 32 valence electrons. The third-order valence-electron chi connectivity index (χ3n) is 0.281. The third-order valence-corrected chi connectivity index (χ3v) is 0.436. The maximum atomic E-state index is 4.80. The van der Waals surface area contributed by atoms with Crippen LogP contribution < -0.4 is 0 Å². The summed E-state index contributed by atoms with van der Waals surface area (Å²) < 4.78 is 4.16. The van der Waals surface area contributed by atoms with Gasteiger partial charge in [-0.25, -0.2) is 0 Å². The van der Waals surface area contributed by atoms with Gasteiger partial charge in [0.05, 0.1) is 18.5 Å². The van der Waals surface area contributed by atoms with E-state index < -0.39 is 0 Å². The van der Waals surface area contributed by atoms with Crippen LogP contribution in [0.25, 0.3) is 0 Å². The van der Waals surface area contributed by atoms with E-state index in [0.29, 0.717) is 6.61 Å². The molecule has 0 rings (SSSR count). The Hall–Kier alpha value is 0.250. The number of hydrogen-bond acceptors (Lipinski definition) is 1. The summed E-state index contributed by atoms with van der Waals surface area (Å²) in [4.78, 5) is 0. The molecule has 0 saturated carbocycles. The highest BCUT2D eigenvalue weighted by Crippen LogP contribution is 1.80. The van der Waals surface area contributed by atoms with Crippen molar-refractivity contribution in [2.45, 2.75) is 13.3 Å². The highest BCUT2D eigenvalue weighted by atomic mass is 35.5. The van der Waals surface area contributed by atoms with Crippen LogP contribution in [-0.2, 0) is 4.29 Å². The molecule has 0 aromatic heterocycles. The Morgan fingerprint density at radius 3 is 2.40 bits per heavy atom. The van der Waals surface area contributed by atoms with E-state index in [1.165, 1.54) is 0 Å². The van der Waals surface area contributed by atoms with Crippen molar-refractivity contribution < 1.29 is 4.29 Å². The fourth-order valence-corrected chi connectivity index (χ4v) is 0.231. The van der Waals surface area contributed by atoms with E-state index in [2.05, 4.69) is 4.29 Å². The van der Waals surface area contributed by atoms with Crippen molar-refractivity contribution in [2.75, 3.05) is 6.61 Å². The Morgan fingerprint density at radius 2 is 2.40 bits per heavy atom. The molecule has 0 aromatic rings. The van der Waals surface area contributed by atoms with Gasteiger partial charge in [0.2, 0.25) is 0 Å². The Morgan fingerprint density at radius 1 is 1.80 bits per heavy atom. The van der Waals surface area contributed by atoms with E-state index in [1.807, 2.05) is 6.92 Å². The number of hydrogen-bond donors (Lipinski definition) is 0. The van der Waals surface area contributed by atoms with E-state index in [-0.39, 0.29) is 0 Å². The van der Waals surface area contributed by atoms with Gasteiger partial charge in [-0.3, -0.25) is 4.29 Å². The zero-order valence-electron chi connectivity index (χ0n) is 3.20. The van der Waals surface area contributed by atoms with Crippen molar-refractivity contribution >= 4 is 11.9 Å². The van der Waals surface area contributed by atoms with Crippen LogP contribution in [0.1, 0.15) is 13.3 Å². The molecule has 0 saturated heterocycles. The molecule has 0 atom stereocenters. The molecule has 2 heteroatoms. The Bertz CT molecular complexity index is 14.4. The molecule has 0 radical (unpaired) electrons. The molecule has 0 amide bonds. The highest BCUT2D eigenvalue weighted by Gasteiger charge is 1.69. The average Bonchev–Trinajstić information content (AvgIpc) is 1.41. The first kappa shape index (κ1) is 5.25. The summed E-state index contributed by atoms with van der Waals surface area (Å²) in [5.74, 6) is 0. The van der Waals surface area contributed by atoms with E-state index >= 15 is 0 Å². The Kier molecular flexibility index (Phi) is 4.46. The molecule has 0 spiro atoms. The fraction of sp³-hybridized carbons (Fsp3) is 1.00. The molecule has 0 fully saturated rings. The van der Waals surface area contributed by atoms with Gasteiger partial charge in [-0.15, -0.1) is 0 Å².